The van der Waals surface area contributed by atoms with Gasteiger partial charge >= 0.3 is 0 Å². The first kappa shape index (κ1) is 16.1. The van der Waals surface area contributed by atoms with E-state index in [1.54, 1.807) is 12.1 Å². The summed E-state index contributed by atoms with van der Waals surface area (Å²) in [6, 6.07) is 8.61. The van der Waals surface area contributed by atoms with Crippen LogP contribution in [0, 0.1) is 5.82 Å². The largest absolute Gasteiger partial charge is 0.359 e. The molecular weight excluding hydrogens is 293 g/mol. The highest BCUT2D eigenvalue weighted by Gasteiger charge is 2.14. The SMILES string of the molecule is CC(CN1CCCCC1)NCc1cc(-c2ccc(F)cc2)no1. The minimum atomic E-state index is -0.245. The molecule has 0 radical (unpaired) electrons. The van der Waals surface area contributed by atoms with E-state index in [2.05, 4.69) is 22.3 Å². The monoisotopic (exact) mass is 317 g/mol. The summed E-state index contributed by atoms with van der Waals surface area (Å²) in [6.45, 7) is 6.35. The number of nitrogens with one attached hydrogen (secondary N) is 1. The number of piperidine rings is 1. The molecule has 1 saturated heterocycles. The van der Waals surface area contributed by atoms with Crippen LogP contribution in [0.5, 0.6) is 0 Å². The highest BCUT2D eigenvalue weighted by molar-refractivity contribution is 5.58. The van der Waals surface area contributed by atoms with E-state index >= 15 is 0 Å². The first-order chi connectivity index (χ1) is 11.2. The number of likely N-dealkylation sites (tertiary alicyclic amines) is 1. The topological polar surface area (TPSA) is 41.3 Å². The molecule has 0 aliphatic carbocycles. The molecule has 1 fully saturated rings. The van der Waals surface area contributed by atoms with Crippen LogP contribution in [-0.2, 0) is 6.54 Å². The van der Waals surface area contributed by atoms with E-state index in [1.165, 1.54) is 44.5 Å². The van der Waals surface area contributed by atoms with Crippen molar-refractivity contribution in [2.24, 2.45) is 0 Å². The van der Waals surface area contributed by atoms with Crippen molar-refractivity contribution in [1.82, 2.24) is 15.4 Å². The lowest BCUT2D eigenvalue weighted by Crippen LogP contribution is -2.41. The van der Waals surface area contributed by atoms with E-state index in [0.717, 1.165) is 23.6 Å². The van der Waals surface area contributed by atoms with Gasteiger partial charge in [0.25, 0.3) is 0 Å². The second kappa shape index (κ2) is 7.70. The lowest BCUT2D eigenvalue weighted by molar-refractivity contribution is 0.207. The van der Waals surface area contributed by atoms with Gasteiger partial charge in [0, 0.05) is 24.2 Å². The Hall–Kier alpha value is -1.72. The molecule has 1 unspecified atom stereocenters. The predicted octanol–water partition coefficient (Wildman–Crippen LogP) is 3.44. The molecule has 124 valence electrons. The van der Waals surface area contributed by atoms with Crippen LogP contribution in [0.4, 0.5) is 4.39 Å². The Bertz CT molecular complexity index is 605. The van der Waals surface area contributed by atoms with Gasteiger partial charge in [0.05, 0.1) is 6.54 Å². The Morgan fingerprint density at radius 1 is 1.22 bits per heavy atom. The molecule has 1 aliphatic rings. The van der Waals surface area contributed by atoms with Gasteiger partial charge in [-0.05, 0) is 57.1 Å². The zero-order chi connectivity index (χ0) is 16.1. The standard InChI is InChI=1S/C18H24FN3O/c1-14(13-22-9-3-2-4-10-22)20-12-17-11-18(21-23-17)15-5-7-16(19)8-6-15/h5-8,11,14,20H,2-4,9-10,12-13H2,1H3. The number of hydrogen-bond donors (Lipinski definition) is 1. The minimum Gasteiger partial charge on any atom is -0.359 e. The Balaban J connectivity index is 1.49. The maximum absolute atomic E-state index is 13.0. The third-order valence-electron chi connectivity index (χ3n) is 4.30. The Kier molecular flexibility index (Phi) is 5.41. The van der Waals surface area contributed by atoms with Crippen LogP contribution < -0.4 is 5.32 Å². The fourth-order valence-electron chi connectivity index (χ4n) is 3.02. The number of halogens is 1. The Morgan fingerprint density at radius 3 is 2.70 bits per heavy atom. The van der Waals surface area contributed by atoms with Crippen LogP contribution in [0.2, 0.25) is 0 Å². The summed E-state index contributed by atoms with van der Waals surface area (Å²) in [4.78, 5) is 2.52. The molecular formula is C18H24FN3O. The molecule has 1 N–H and O–H groups in total. The molecule has 0 bridgehead atoms. The van der Waals surface area contributed by atoms with E-state index < -0.39 is 0 Å². The maximum Gasteiger partial charge on any atom is 0.151 e. The van der Waals surface area contributed by atoms with Gasteiger partial charge in [-0.3, -0.25) is 0 Å². The third-order valence-corrected chi connectivity index (χ3v) is 4.30. The van der Waals surface area contributed by atoms with Gasteiger partial charge < -0.3 is 14.7 Å². The molecule has 1 atom stereocenters. The van der Waals surface area contributed by atoms with Gasteiger partial charge in [0.2, 0.25) is 0 Å². The van der Waals surface area contributed by atoms with Crippen molar-refractivity contribution < 1.29 is 8.91 Å². The summed E-state index contributed by atoms with van der Waals surface area (Å²) < 4.78 is 18.3. The van der Waals surface area contributed by atoms with Gasteiger partial charge in [-0.25, -0.2) is 4.39 Å². The molecule has 0 saturated carbocycles. The average Bonchev–Trinajstić information content (AvgIpc) is 3.04. The lowest BCUT2D eigenvalue weighted by Gasteiger charge is -2.29. The molecule has 1 aromatic carbocycles. The number of nitrogens with zero attached hydrogens (tertiary/aromatic N) is 2. The number of benzene rings is 1. The second-order valence-electron chi connectivity index (χ2n) is 6.33. The summed E-state index contributed by atoms with van der Waals surface area (Å²) in [5.41, 5.74) is 1.60. The van der Waals surface area contributed by atoms with Crippen LogP contribution in [0.25, 0.3) is 11.3 Å². The molecule has 1 aromatic heterocycles. The van der Waals surface area contributed by atoms with Crippen molar-refractivity contribution in [3.63, 3.8) is 0 Å². The van der Waals surface area contributed by atoms with Gasteiger partial charge in [-0.15, -0.1) is 0 Å². The first-order valence-corrected chi connectivity index (χ1v) is 8.38. The Morgan fingerprint density at radius 2 is 1.96 bits per heavy atom. The third kappa shape index (κ3) is 4.62. The molecule has 5 heteroatoms. The fraction of sp³-hybridized carbons (Fsp3) is 0.500. The summed E-state index contributed by atoms with van der Waals surface area (Å²) >= 11 is 0. The summed E-state index contributed by atoms with van der Waals surface area (Å²) in [6.07, 6.45) is 3.99. The van der Waals surface area contributed by atoms with Crippen LogP contribution >= 0.6 is 0 Å². The van der Waals surface area contributed by atoms with E-state index in [4.69, 9.17) is 4.52 Å². The highest BCUT2D eigenvalue weighted by atomic mass is 19.1. The van der Waals surface area contributed by atoms with Crippen molar-refractivity contribution in [3.05, 3.63) is 41.9 Å². The van der Waals surface area contributed by atoms with E-state index in [-0.39, 0.29) is 5.82 Å². The fourth-order valence-corrected chi connectivity index (χ4v) is 3.02. The molecule has 23 heavy (non-hydrogen) atoms. The summed E-state index contributed by atoms with van der Waals surface area (Å²) in [7, 11) is 0. The normalized spacial score (nSPS) is 17.3. The molecule has 0 spiro atoms. The minimum absolute atomic E-state index is 0.245. The van der Waals surface area contributed by atoms with Crippen molar-refractivity contribution >= 4 is 0 Å². The zero-order valence-electron chi connectivity index (χ0n) is 13.6. The van der Waals surface area contributed by atoms with Crippen molar-refractivity contribution in [2.45, 2.75) is 38.8 Å². The van der Waals surface area contributed by atoms with Crippen LogP contribution in [-0.4, -0.2) is 35.7 Å². The Labute approximate surface area is 136 Å². The maximum atomic E-state index is 13.0. The molecule has 2 aromatic rings. The molecule has 0 amide bonds. The van der Waals surface area contributed by atoms with E-state index in [0.29, 0.717) is 12.6 Å². The van der Waals surface area contributed by atoms with E-state index in [1.807, 2.05) is 6.07 Å². The van der Waals surface area contributed by atoms with Gasteiger partial charge in [-0.1, -0.05) is 11.6 Å². The first-order valence-electron chi connectivity index (χ1n) is 8.38. The second-order valence-corrected chi connectivity index (χ2v) is 6.33. The summed E-state index contributed by atoms with van der Waals surface area (Å²) in [5.74, 6) is 0.556. The number of aromatic nitrogens is 1. The average molecular weight is 317 g/mol. The van der Waals surface area contributed by atoms with Gasteiger partial charge in [0.1, 0.15) is 11.5 Å². The smallest absolute Gasteiger partial charge is 0.151 e. The van der Waals surface area contributed by atoms with E-state index in [9.17, 15) is 4.39 Å². The van der Waals surface area contributed by atoms with Gasteiger partial charge in [0.15, 0.2) is 5.76 Å². The van der Waals surface area contributed by atoms with Gasteiger partial charge in [-0.2, -0.15) is 0 Å². The molecule has 1 aliphatic heterocycles. The van der Waals surface area contributed by atoms with Crippen molar-refractivity contribution in [3.8, 4) is 11.3 Å². The number of rotatable bonds is 6. The quantitative estimate of drug-likeness (QED) is 0.886. The number of hydrogen-bond acceptors (Lipinski definition) is 4. The molecule has 2 heterocycles. The molecule has 3 rings (SSSR count). The van der Waals surface area contributed by atoms with Crippen LogP contribution in [0.1, 0.15) is 31.9 Å². The van der Waals surface area contributed by atoms with Crippen molar-refractivity contribution in [2.75, 3.05) is 19.6 Å². The van der Waals surface area contributed by atoms with Crippen LogP contribution in [0.15, 0.2) is 34.9 Å². The van der Waals surface area contributed by atoms with Crippen LogP contribution in [0.3, 0.4) is 0 Å². The predicted molar refractivity (Wildman–Crippen MR) is 88.5 cm³/mol. The summed E-state index contributed by atoms with van der Waals surface area (Å²) in [5, 5.41) is 7.55. The highest BCUT2D eigenvalue weighted by Crippen LogP contribution is 2.19. The molecule has 4 nitrogen and oxygen atoms in total. The lowest BCUT2D eigenvalue weighted by atomic mass is 10.1. The zero-order valence-corrected chi connectivity index (χ0v) is 13.6. The van der Waals surface area contributed by atoms with Crippen molar-refractivity contribution in [1.29, 1.82) is 0 Å².